The minimum atomic E-state index is -1.45. The lowest BCUT2D eigenvalue weighted by molar-refractivity contribution is -0.387. The molecule has 2 rings (SSSR count). The van der Waals surface area contributed by atoms with Crippen LogP contribution in [0.1, 0.15) is 11.6 Å². The van der Waals surface area contributed by atoms with Gasteiger partial charge in [0.15, 0.2) is 0 Å². The highest BCUT2D eigenvalue weighted by Gasteiger charge is 2.26. The Labute approximate surface area is 134 Å². The number of hydrogen-bond acceptors (Lipinski definition) is 6. The summed E-state index contributed by atoms with van der Waals surface area (Å²) in [5.41, 5.74) is -2.50. The number of nitro groups is 1. The van der Waals surface area contributed by atoms with E-state index in [9.17, 15) is 34.7 Å². The van der Waals surface area contributed by atoms with Gasteiger partial charge in [-0.05, 0) is 17.7 Å². The van der Waals surface area contributed by atoms with Crippen molar-refractivity contribution in [1.29, 1.82) is 0 Å². The third kappa shape index (κ3) is 3.16. The summed E-state index contributed by atoms with van der Waals surface area (Å²) in [4.78, 5) is 45.3. The normalized spacial score (nSPS) is 11.9. The first-order chi connectivity index (χ1) is 11.2. The van der Waals surface area contributed by atoms with Crippen molar-refractivity contribution in [3.05, 3.63) is 67.0 Å². The van der Waals surface area contributed by atoms with Crippen molar-refractivity contribution in [2.45, 2.75) is 12.5 Å². The number of rotatable bonds is 5. The number of aromatic hydroxyl groups is 1. The van der Waals surface area contributed by atoms with Crippen LogP contribution in [0.2, 0.25) is 0 Å². The predicted molar refractivity (Wildman–Crippen MR) is 81.1 cm³/mol. The molecule has 0 aliphatic rings. The summed E-state index contributed by atoms with van der Waals surface area (Å²) in [6.45, 7) is 0. The second kappa shape index (κ2) is 6.36. The van der Waals surface area contributed by atoms with Gasteiger partial charge in [0, 0.05) is 13.5 Å². The monoisotopic (exact) mass is 335 g/mol. The average Bonchev–Trinajstić information content (AvgIpc) is 2.52. The van der Waals surface area contributed by atoms with E-state index in [0.29, 0.717) is 20.9 Å². The molecule has 126 valence electrons. The Kier molecular flexibility index (Phi) is 4.49. The largest absolute Gasteiger partial charge is 0.508 e. The molecule has 0 unspecified atom stereocenters. The van der Waals surface area contributed by atoms with Gasteiger partial charge in [-0.3, -0.25) is 24.0 Å². The smallest absolute Gasteiger partial charge is 0.350 e. The van der Waals surface area contributed by atoms with E-state index in [4.69, 9.17) is 0 Å². The van der Waals surface area contributed by atoms with Crippen molar-refractivity contribution in [3.63, 3.8) is 0 Å². The van der Waals surface area contributed by atoms with Crippen LogP contribution in [-0.4, -0.2) is 30.2 Å². The highest BCUT2D eigenvalue weighted by molar-refractivity contribution is 5.72. The molecular formula is C14H13N3O7. The average molecular weight is 335 g/mol. The maximum absolute atomic E-state index is 12.2. The van der Waals surface area contributed by atoms with Crippen LogP contribution in [-0.2, 0) is 18.3 Å². The highest BCUT2D eigenvalue weighted by atomic mass is 16.6. The lowest BCUT2D eigenvalue weighted by Crippen LogP contribution is -2.42. The molecule has 1 heterocycles. The Balaban J connectivity index is 2.58. The van der Waals surface area contributed by atoms with E-state index in [2.05, 4.69) is 0 Å². The van der Waals surface area contributed by atoms with Crippen molar-refractivity contribution >= 4 is 11.7 Å². The molecule has 0 spiro atoms. The number of nitrogens with zero attached hydrogens (tertiary/aromatic N) is 3. The van der Waals surface area contributed by atoms with Gasteiger partial charge in [-0.15, -0.1) is 0 Å². The van der Waals surface area contributed by atoms with Gasteiger partial charge in [0.25, 0.3) is 0 Å². The number of aromatic nitrogens is 2. The van der Waals surface area contributed by atoms with Crippen LogP contribution in [0.4, 0.5) is 5.69 Å². The van der Waals surface area contributed by atoms with Crippen molar-refractivity contribution in [1.82, 2.24) is 9.13 Å². The minimum Gasteiger partial charge on any atom is -0.508 e. The molecule has 1 aromatic carbocycles. The second-order valence-corrected chi connectivity index (χ2v) is 5.05. The summed E-state index contributed by atoms with van der Waals surface area (Å²) >= 11 is 0. The van der Waals surface area contributed by atoms with E-state index in [1.165, 1.54) is 24.3 Å². The summed E-state index contributed by atoms with van der Waals surface area (Å²) in [5.74, 6) is -1.40. The molecule has 0 aliphatic carbocycles. The fourth-order valence-corrected chi connectivity index (χ4v) is 2.18. The van der Waals surface area contributed by atoms with Gasteiger partial charge in [0.05, 0.1) is 11.1 Å². The summed E-state index contributed by atoms with van der Waals surface area (Å²) in [7, 11) is 1.04. The van der Waals surface area contributed by atoms with Crippen LogP contribution in [0.3, 0.4) is 0 Å². The van der Waals surface area contributed by atoms with E-state index < -0.39 is 33.9 Å². The van der Waals surface area contributed by atoms with Crippen LogP contribution in [0.5, 0.6) is 5.75 Å². The summed E-state index contributed by atoms with van der Waals surface area (Å²) in [6.07, 6.45) is 0.481. The van der Waals surface area contributed by atoms with Crippen molar-refractivity contribution in [3.8, 4) is 5.75 Å². The molecule has 1 atom stereocenters. The minimum absolute atomic E-state index is 0.0134. The molecule has 2 aromatic rings. The summed E-state index contributed by atoms with van der Waals surface area (Å²) in [5, 5.41) is 29.6. The zero-order chi connectivity index (χ0) is 18.0. The topological polar surface area (TPSA) is 145 Å². The molecule has 0 bridgehead atoms. The van der Waals surface area contributed by atoms with Gasteiger partial charge in [-0.2, -0.15) is 0 Å². The van der Waals surface area contributed by atoms with E-state index in [0.717, 1.165) is 7.05 Å². The first-order valence-electron chi connectivity index (χ1n) is 6.69. The number of phenolic OH excluding ortho intramolecular Hbond substituents is 1. The number of carboxylic acids is 1. The van der Waals surface area contributed by atoms with Crippen LogP contribution in [0, 0.1) is 10.1 Å². The molecule has 0 saturated heterocycles. The summed E-state index contributed by atoms with van der Waals surface area (Å²) in [6, 6.07) is 4.17. The molecular weight excluding hydrogens is 322 g/mol. The van der Waals surface area contributed by atoms with Gasteiger partial charge in [-0.25, -0.2) is 9.59 Å². The predicted octanol–water partition coefficient (Wildman–Crippen LogP) is 0.0292. The van der Waals surface area contributed by atoms with Gasteiger partial charge in [-0.1, -0.05) is 12.1 Å². The van der Waals surface area contributed by atoms with Gasteiger partial charge in [0.2, 0.25) is 0 Å². The van der Waals surface area contributed by atoms with Gasteiger partial charge in [0.1, 0.15) is 11.8 Å². The number of phenols is 1. The summed E-state index contributed by atoms with van der Waals surface area (Å²) < 4.78 is 1.14. The van der Waals surface area contributed by atoms with E-state index in [-0.39, 0.29) is 12.2 Å². The first kappa shape index (κ1) is 16.9. The number of carbonyl (C=O) groups is 1. The number of benzene rings is 1. The zero-order valence-corrected chi connectivity index (χ0v) is 12.4. The maximum atomic E-state index is 12.2. The molecule has 0 aliphatic heterocycles. The fraction of sp³-hybridized carbons (Fsp3) is 0.214. The van der Waals surface area contributed by atoms with Crippen LogP contribution >= 0.6 is 0 Å². The second-order valence-electron chi connectivity index (χ2n) is 5.05. The van der Waals surface area contributed by atoms with Crippen molar-refractivity contribution in [2.24, 2.45) is 7.05 Å². The zero-order valence-electron chi connectivity index (χ0n) is 12.4. The fourth-order valence-electron chi connectivity index (χ4n) is 2.18. The molecule has 0 radical (unpaired) electrons. The third-order valence-corrected chi connectivity index (χ3v) is 3.48. The molecule has 0 amide bonds. The maximum Gasteiger partial charge on any atom is 0.350 e. The van der Waals surface area contributed by atoms with E-state index in [1.807, 2.05) is 0 Å². The molecule has 2 N–H and O–H groups in total. The molecule has 0 fully saturated rings. The highest BCUT2D eigenvalue weighted by Crippen LogP contribution is 2.17. The quantitative estimate of drug-likeness (QED) is 0.579. The SMILES string of the molecule is Cn1c(=O)c([N+](=O)[O-])cn([C@@H](Cc2ccc(O)cc2)C(=O)O)c1=O. The van der Waals surface area contributed by atoms with Crippen molar-refractivity contribution < 1.29 is 19.9 Å². The standard InChI is InChI=1S/C14H13N3O7/c1-15-12(19)11(17(23)24)7-16(14(15)22)10(13(20)21)6-8-2-4-9(18)5-3-8/h2-5,7,10,18H,6H2,1H3,(H,20,21)/t10-/m0/s1. The molecule has 10 nitrogen and oxygen atoms in total. The third-order valence-electron chi connectivity index (χ3n) is 3.48. The van der Waals surface area contributed by atoms with Crippen LogP contribution < -0.4 is 11.2 Å². The van der Waals surface area contributed by atoms with Crippen LogP contribution in [0.15, 0.2) is 40.1 Å². The number of carboxylic acid groups (broad SMARTS) is 1. The number of aliphatic carboxylic acids is 1. The van der Waals surface area contributed by atoms with E-state index in [1.54, 1.807) is 0 Å². The molecule has 24 heavy (non-hydrogen) atoms. The lowest BCUT2D eigenvalue weighted by Gasteiger charge is -2.16. The Bertz CT molecular complexity index is 911. The van der Waals surface area contributed by atoms with Gasteiger partial charge < -0.3 is 10.2 Å². The van der Waals surface area contributed by atoms with Gasteiger partial charge >= 0.3 is 22.9 Å². The molecule has 10 heteroatoms. The molecule has 0 saturated carbocycles. The Hall–Kier alpha value is -3.43. The van der Waals surface area contributed by atoms with Crippen LogP contribution in [0.25, 0.3) is 0 Å². The Morgan fingerprint density at radius 1 is 1.29 bits per heavy atom. The molecule has 1 aromatic heterocycles. The van der Waals surface area contributed by atoms with Crippen molar-refractivity contribution in [2.75, 3.05) is 0 Å². The van der Waals surface area contributed by atoms with E-state index >= 15 is 0 Å². The number of hydrogen-bond donors (Lipinski definition) is 2. The lowest BCUT2D eigenvalue weighted by atomic mass is 10.1. The Morgan fingerprint density at radius 2 is 1.88 bits per heavy atom. The first-order valence-corrected chi connectivity index (χ1v) is 6.69. The Morgan fingerprint density at radius 3 is 2.38 bits per heavy atom.